The van der Waals surface area contributed by atoms with Crippen molar-refractivity contribution in [2.75, 3.05) is 11.4 Å². The zero-order valence-electron chi connectivity index (χ0n) is 16.6. The Bertz CT molecular complexity index is 1190. The molecule has 4 rings (SSSR count). The molecule has 1 aliphatic rings. The maximum atomic E-state index is 13.2. The van der Waals surface area contributed by atoms with E-state index in [4.69, 9.17) is 16.6 Å². The third-order valence-corrected chi connectivity index (χ3v) is 5.64. The fraction of sp³-hybridized carbons (Fsp3) is 0.450. The largest absolute Gasteiger partial charge is 0.332 e. The smallest absolute Gasteiger partial charge is 0.312 e. The normalized spacial score (nSPS) is 14.1. The fourth-order valence-electron chi connectivity index (χ4n) is 3.79. The number of hydrogen-bond acceptors (Lipinski definition) is 4. The molecule has 0 radical (unpaired) electrons. The Morgan fingerprint density at radius 2 is 1.96 bits per heavy atom. The van der Waals surface area contributed by atoms with E-state index in [2.05, 4.69) is 4.90 Å². The first-order chi connectivity index (χ1) is 13.3. The van der Waals surface area contributed by atoms with Gasteiger partial charge in [-0.15, -0.1) is 0 Å². The first-order valence-corrected chi connectivity index (χ1v) is 9.91. The summed E-state index contributed by atoms with van der Waals surface area (Å²) in [7, 11) is 1.67. The van der Waals surface area contributed by atoms with E-state index in [-0.39, 0.29) is 17.2 Å². The van der Waals surface area contributed by atoms with Crippen LogP contribution in [0.25, 0.3) is 11.2 Å². The predicted octanol–water partition coefficient (Wildman–Crippen LogP) is 3.06. The van der Waals surface area contributed by atoms with E-state index in [1.165, 1.54) is 9.13 Å². The van der Waals surface area contributed by atoms with Gasteiger partial charge < -0.3 is 9.47 Å². The fourth-order valence-corrected chi connectivity index (χ4v) is 3.96. The number of imidazole rings is 1. The maximum absolute atomic E-state index is 13.2. The van der Waals surface area contributed by atoms with Gasteiger partial charge in [-0.05, 0) is 37.0 Å². The maximum Gasteiger partial charge on any atom is 0.332 e. The van der Waals surface area contributed by atoms with E-state index in [0.717, 1.165) is 24.2 Å². The average Bonchev–Trinajstić information content (AvgIpc) is 3.05. The van der Waals surface area contributed by atoms with Crippen LogP contribution in [0, 0.1) is 12.8 Å². The van der Waals surface area contributed by atoms with Crippen molar-refractivity contribution >= 4 is 34.4 Å². The number of benzene rings is 1. The van der Waals surface area contributed by atoms with Gasteiger partial charge in [0.25, 0.3) is 5.56 Å². The summed E-state index contributed by atoms with van der Waals surface area (Å²) < 4.78 is 4.74. The highest BCUT2D eigenvalue weighted by Crippen LogP contribution is 2.33. The Balaban J connectivity index is 1.97. The minimum atomic E-state index is -0.327. The summed E-state index contributed by atoms with van der Waals surface area (Å²) in [6.45, 7) is 7.80. The van der Waals surface area contributed by atoms with E-state index in [1.807, 2.05) is 43.5 Å². The Labute approximate surface area is 167 Å². The number of anilines is 2. The molecule has 8 heteroatoms. The Hall–Kier alpha value is -2.54. The number of nitrogens with zero attached hydrogens (tertiary/aromatic N) is 5. The number of halogens is 1. The Morgan fingerprint density at radius 3 is 2.64 bits per heavy atom. The number of hydrogen-bond donors (Lipinski definition) is 0. The molecule has 2 aromatic heterocycles. The van der Waals surface area contributed by atoms with Gasteiger partial charge in [0.1, 0.15) is 0 Å². The summed E-state index contributed by atoms with van der Waals surface area (Å²) >= 11 is 6.33. The first kappa shape index (κ1) is 18.8. The summed E-state index contributed by atoms with van der Waals surface area (Å²) in [5.41, 5.74) is 2.26. The van der Waals surface area contributed by atoms with Crippen molar-refractivity contribution in [3.63, 3.8) is 0 Å². The van der Waals surface area contributed by atoms with Gasteiger partial charge in [-0.1, -0.05) is 31.5 Å². The molecule has 3 heterocycles. The summed E-state index contributed by atoms with van der Waals surface area (Å²) in [5.74, 6) is 0.869. The highest BCUT2D eigenvalue weighted by Gasteiger charge is 2.27. The van der Waals surface area contributed by atoms with Crippen LogP contribution in [0.2, 0.25) is 5.02 Å². The highest BCUT2D eigenvalue weighted by molar-refractivity contribution is 6.31. The number of rotatable bonds is 3. The van der Waals surface area contributed by atoms with Gasteiger partial charge in [0, 0.05) is 37.4 Å². The van der Waals surface area contributed by atoms with Gasteiger partial charge in [-0.3, -0.25) is 13.9 Å². The van der Waals surface area contributed by atoms with Gasteiger partial charge in [-0.25, -0.2) is 4.79 Å². The molecule has 7 nitrogen and oxygen atoms in total. The van der Waals surface area contributed by atoms with Gasteiger partial charge in [0.2, 0.25) is 5.95 Å². The Morgan fingerprint density at radius 1 is 1.21 bits per heavy atom. The second-order valence-corrected chi connectivity index (χ2v) is 8.23. The van der Waals surface area contributed by atoms with Crippen LogP contribution >= 0.6 is 11.6 Å². The second-order valence-electron chi connectivity index (χ2n) is 7.83. The standard InChI is InChI=1S/C20H24ClN5O2/c1-12(2)11-26-18(27)16-17(23(4)20(26)28)22-19-24(8-5-9-25(16)19)14-7-6-13(3)15(21)10-14/h6-7,10,12H,5,8-9,11H2,1-4H3. The molecule has 0 atom stereocenters. The first-order valence-electron chi connectivity index (χ1n) is 9.53. The highest BCUT2D eigenvalue weighted by atomic mass is 35.5. The topological polar surface area (TPSA) is 65.1 Å². The summed E-state index contributed by atoms with van der Waals surface area (Å²) in [5, 5.41) is 0.692. The molecule has 0 fully saturated rings. The number of aryl methyl sites for hydroxylation is 3. The minimum Gasteiger partial charge on any atom is -0.312 e. The summed E-state index contributed by atoms with van der Waals surface area (Å²) in [6, 6.07) is 5.90. The van der Waals surface area contributed by atoms with E-state index in [0.29, 0.717) is 35.2 Å². The lowest BCUT2D eigenvalue weighted by atomic mass is 10.2. The number of aromatic nitrogens is 4. The molecule has 0 unspecified atom stereocenters. The van der Waals surface area contributed by atoms with Gasteiger partial charge >= 0.3 is 5.69 Å². The zero-order valence-corrected chi connectivity index (χ0v) is 17.3. The van der Waals surface area contributed by atoms with Gasteiger partial charge in [0.05, 0.1) is 0 Å². The van der Waals surface area contributed by atoms with Crippen LogP contribution in [0.5, 0.6) is 0 Å². The molecule has 0 bridgehead atoms. The quantitative estimate of drug-likeness (QED) is 0.676. The molecule has 148 valence electrons. The van der Waals surface area contributed by atoms with E-state index in [9.17, 15) is 9.59 Å². The Kier molecular flexibility index (Phi) is 4.57. The molecule has 28 heavy (non-hydrogen) atoms. The van der Waals surface area contributed by atoms with Crippen LogP contribution < -0.4 is 16.1 Å². The lowest BCUT2D eigenvalue weighted by Crippen LogP contribution is -2.40. The van der Waals surface area contributed by atoms with Crippen molar-refractivity contribution in [3.05, 3.63) is 49.6 Å². The predicted molar refractivity (Wildman–Crippen MR) is 112 cm³/mol. The molecule has 0 aliphatic carbocycles. The van der Waals surface area contributed by atoms with Crippen LogP contribution in [0.4, 0.5) is 11.6 Å². The van der Waals surface area contributed by atoms with Gasteiger partial charge in [-0.2, -0.15) is 4.98 Å². The van der Waals surface area contributed by atoms with Crippen LogP contribution in [-0.2, 0) is 20.1 Å². The summed E-state index contributed by atoms with van der Waals surface area (Å²) in [6.07, 6.45) is 0.871. The molecule has 3 aromatic rings. The van der Waals surface area contributed by atoms with Crippen molar-refractivity contribution < 1.29 is 0 Å². The van der Waals surface area contributed by atoms with Crippen LogP contribution in [0.1, 0.15) is 25.8 Å². The molecular weight excluding hydrogens is 378 g/mol. The number of fused-ring (bicyclic) bond motifs is 3. The van der Waals surface area contributed by atoms with E-state index < -0.39 is 0 Å². The van der Waals surface area contributed by atoms with E-state index >= 15 is 0 Å². The van der Waals surface area contributed by atoms with Crippen molar-refractivity contribution in [3.8, 4) is 0 Å². The van der Waals surface area contributed by atoms with E-state index in [1.54, 1.807) is 7.05 Å². The van der Waals surface area contributed by atoms with Crippen LogP contribution in [0.3, 0.4) is 0 Å². The molecule has 0 amide bonds. The lowest BCUT2D eigenvalue weighted by Gasteiger charge is -2.29. The molecule has 0 saturated carbocycles. The van der Waals surface area contributed by atoms with Crippen LogP contribution in [0.15, 0.2) is 27.8 Å². The molecular formula is C20H24ClN5O2. The van der Waals surface area contributed by atoms with Crippen LogP contribution in [-0.4, -0.2) is 25.2 Å². The van der Waals surface area contributed by atoms with Crippen molar-refractivity contribution in [1.82, 2.24) is 18.7 Å². The zero-order chi connectivity index (χ0) is 20.2. The minimum absolute atomic E-state index is 0.192. The molecule has 0 saturated heterocycles. The molecule has 0 spiro atoms. The van der Waals surface area contributed by atoms with Gasteiger partial charge in [0.15, 0.2) is 11.2 Å². The third kappa shape index (κ3) is 2.85. The molecule has 1 aliphatic heterocycles. The van der Waals surface area contributed by atoms with Crippen molar-refractivity contribution in [2.24, 2.45) is 13.0 Å². The monoisotopic (exact) mass is 401 g/mol. The molecule has 1 aromatic carbocycles. The second kappa shape index (κ2) is 6.81. The SMILES string of the molecule is Cc1ccc(N2CCCn3c2nc2c3c(=O)n(CC(C)C)c(=O)n2C)cc1Cl. The van der Waals surface area contributed by atoms with Crippen molar-refractivity contribution in [2.45, 2.75) is 40.3 Å². The third-order valence-electron chi connectivity index (χ3n) is 5.23. The summed E-state index contributed by atoms with van der Waals surface area (Å²) in [4.78, 5) is 32.7. The lowest BCUT2D eigenvalue weighted by molar-refractivity contribution is 0.483. The van der Waals surface area contributed by atoms with Crippen molar-refractivity contribution in [1.29, 1.82) is 0 Å². The molecule has 0 N–H and O–H groups in total. The average molecular weight is 402 g/mol.